The summed E-state index contributed by atoms with van der Waals surface area (Å²) in [4.78, 5) is 16.4. The van der Waals surface area contributed by atoms with Gasteiger partial charge in [-0.05, 0) is 30.2 Å². The number of amides is 1. The zero-order chi connectivity index (χ0) is 15.6. The Morgan fingerprint density at radius 2 is 2.10 bits per heavy atom. The van der Waals surface area contributed by atoms with E-state index in [-0.39, 0.29) is 22.4 Å². The normalized spacial score (nSPS) is 10.7. The molecular formula is C15H15ClFN3O. The predicted molar refractivity (Wildman–Crippen MR) is 82.1 cm³/mol. The van der Waals surface area contributed by atoms with Crippen molar-refractivity contribution in [1.82, 2.24) is 4.98 Å². The van der Waals surface area contributed by atoms with E-state index in [2.05, 4.69) is 10.3 Å². The van der Waals surface area contributed by atoms with E-state index >= 15 is 0 Å². The van der Waals surface area contributed by atoms with E-state index < -0.39 is 11.7 Å². The Kier molecular flexibility index (Phi) is 4.43. The number of aromatic nitrogens is 1. The van der Waals surface area contributed by atoms with Gasteiger partial charge >= 0.3 is 0 Å². The Balaban J connectivity index is 2.30. The van der Waals surface area contributed by atoms with E-state index in [1.807, 2.05) is 13.8 Å². The lowest BCUT2D eigenvalue weighted by atomic mass is 10.1. The number of hydrogen-bond donors (Lipinski definition) is 2. The fraction of sp³-hybridized carbons (Fsp3) is 0.200. The summed E-state index contributed by atoms with van der Waals surface area (Å²) in [6.45, 7) is 3.89. The van der Waals surface area contributed by atoms with Crippen LogP contribution in [0.4, 0.5) is 15.9 Å². The molecule has 0 bridgehead atoms. The Labute approximate surface area is 127 Å². The van der Waals surface area contributed by atoms with Crippen LogP contribution in [0.5, 0.6) is 0 Å². The van der Waals surface area contributed by atoms with Crippen LogP contribution in [0.3, 0.4) is 0 Å². The monoisotopic (exact) mass is 307 g/mol. The maximum atomic E-state index is 13.8. The van der Waals surface area contributed by atoms with Crippen molar-refractivity contribution in [3.05, 3.63) is 52.4 Å². The van der Waals surface area contributed by atoms with Gasteiger partial charge in [0.2, 0.25) is 0 Å². The van der Waals surface area contributed by atoms with Gasteiger partial charge < -0.3 is 11.1 Å². The Hall–Kier alpha value is -2.14. The standard InChI is InChI=1S/C15H15ClFN3O/c1-8(2)12-6-9(7-13(18)19-12)15(21)20-11-5-3-4-10(16)14(11)17/h3-8H,1-2H3,(H2,18,19)(H,20,21). The average molecular weight is 308 g/mol. The third-order valence-corrected chi connectivity index (χ3v) is 3.21. The third kappa shape index (κ3) is 3.49. The van der Waals surface area contributed by atoms with E-state index in [9.17, 15) is 9.18 Å². The van der Waals surface area contributed by atoms with Crippen LogP contribution >= 0.6 is 11.6 Å². The Bertz CT molecular complexity index is 689. The first-order valence-electron chi connectivity index (χ1n) is 6.41. The number of nitrogens with zero attached hydrogens (tertiary/aromatic N) is 1. The van der Waals surface area contributed by atoms with Crippen LogP contribution in [0, 0.1) is 5.82 Å². The minimum atomic E-state index is -0.668. The van der Waals surface area contributed by atoms with Gasteiger partial charge in [0.25, 0.3) is 5.91 Å². The van der Waals surface area contributed by atoms with Gasteiger partial charge in [0.1, 0.15) is 5.82 Å². The first-order valence-corrected chi connectivity index (χ1v) is 6.79. The number of halogens is 2. The molecule has 0 saturated heterocycles. The number of nitrogens with one attached hydrogen (secondary N) is 1. The number of carbonyl (C=O) groups is 1. The maximum absolute atomic E-state index is 13.8. The van der Waals surface area contributed by atoms with Crippen molar-refractivity contribution < 1.29 is 9.18 Å². The second kappa shape index (κ2) is 6.10. The molecule has 1 aromatic carbocycles. The smallest absolute Gasteiger partial charge is 0.255 e. The number of nitrogen functional groups attached to an aromatic ring is 1. The molecule has 1 aromatic heterocycles. The topological polar surface area (TPSA) is 68.0 Å². The first-order chi connectivity index (χ1) is 9.88. The SMILES string of the molecule is CC(C)c1cc(C(=O)Nc2cccc(Cl)c2F)cc(N)n1. The summed E-state index contributed by atoms with van der Waals surface area (Å²) in [5.41, 5.74) is 6.74. The van der Waals surface area contributed by atoms with Gasteiger partial charge in [0.15, 0.2) is 5.82 Å². The summed E-state index contributed by atoms with van der Waals surface area (Å²) >= 11 is 5.68. The van der Waals surface area contributed by atoms with E-state index in [4.69, 9.17) is 17.3 Å². The summed E-state index contributed by atoms with van der Waals surface area (Å²) in [5, 5.41) is 2.43. The van der Waals surface area contributed by atoms with Crippen molar-refractivity contribution in [2.45, 2.75) is 19.8 Å². The van der Waals surface area contributed by atoms with E-state index in [0.29, 0.717) is 11.3 Å². The molecule has 1 amide bonds. The molecule has 6 heteroatoms. The molecule has 0 atom stereocenters. The number of rotatable bonds is 3. The largest absolute Gasteiger partial charge is 0.384 e. The summed E-state index contributed by atoms with van der Waals surface area (Å²) in [6, 6.07) is 7.49. The first kappa shape index (κ1) is 15.3. The van der Waals surface area contributed by atoms with Crippen LogP contribution in [0.15, 0.2) is 30.3 Å². The van der Waals surface area contributed by atoms with Crippen molar-refractivity contribution >= 4 is 29.0 Å². The molecule has 0 spiro atoms. The van der Waals surface area contributed by atoms with Crippen LogP contribution in [0.1, 0.15) is 35.8 Å². The van der Waals surface area contributed by atoms with Gasteiger partial charge in [-0.3, -0.25) is 4.79 Å². The molecule has 21 heavy (non-hydrogen) atoms. The fourth-order valence-corrected chi connectivity index (χ4v) is 1.97. The van der Waals surface area contributed by atoms with Gasteiger partial charge in [0, 0.05) is 11.3 Å². The molecular weight excluding hydrogens is 293 g/mol. The quantitative estimate of drug-likeness (QED) is 0.905. The second-order valence-electron chi connectivity index (χ2n) is 4.92. The number of benzene rings is 1. The van der Waals surface area contributed by atoms with Crippen molar-refractivity contribution in [3.63, 3.8) is 0 Å². The summed E-state index contributed by atoms with van der Waals surface area (Å²) in [7, 11) is 0. The number of anilines is 2. The molecule has 3 N–H and O–H groups in total. The number of pyridine rings is 1. The molecule has 110 valence electrons. The predicted octanol–water partition coefficient (Wildman–Crippen LogP) is 3.83. The summed E-state index contributed by atoms with van der Waals surface area (Å²) in [5.74, 6) is -0.758. The number of carbonyl (C=O) groups excluding carboxylic acids is 1. The fourth-order valence-electron chi connectivity index (χ4n) is 1.80. The molecule has 1 heterocycles. The maximum Gasteiger partial charge on any atom is 0.255 e. The van der Waals surface area contributed by atoms with Crippen LogP contribution in [-0.4, -0.2) is 10.9 Å². The molecule has 0 radical (unpaired) electrons. The lowest BCUT2D eigenvalue weighted by molar-refractivity contribution is 0.102. The number of nitrogens with two attached hydrogens (primary N) is 1. The molecule has 0 aliphatic heterocycles. The number of hydrogen-bond acceptors (Lipinski definition) is 3. The van der Waals surface area contributed by atoms with Gasteiger partial charge in [-0.15, -0.1) is 0 Å². The highest BCUT2D eigenvalue weighted by Gasteiger charge is 2.14. The van der Waals surface area contributed by atoms with Crippen molar-refractivity contribution in [2.24, 2.45) is 0 Å². The second-order valence-corrected chi connectivity index (χ2v) is 5.32. The van der Waals surface area contributed by atoms with Crippen LogP contribution < -0.4 is 11.1 Å². The lowest BCUT2D eigenvalue weighted by Gasteiger charge is -2.10. The van der Waals surface area contributed by atoms with Crippen LogP contribution in [-0.2, 0) is 0 Å². The zero-order valence-corrected chi connectivity index (χ0v) is 12.4. The zero-order valence-electron chi connectivity index (χ0n) is 11.7. The molecule has 0 fully saturated rings. The lowest BCUT2D eigenvalue weighted by Crippen LogP contribution is -2.14. The molecule has 0 unspecified atom stereocenters. The molecule has 2 rings (SSSR count). The molecule has 4 nitrogen and oxygen atoms in total. The molecule has 0 aliphatic rings. The highest BCUT2D eigenvalue weighted by atomic mass is 35.5. The highest BCUT2D eigenvalue weighted by molar-refractivity contribution is 6.31. The Morgan fingerprint density at radius 1 is 1.38 bits per heavy atom. The van der Waals surface area contributed by atoms with Crippen molar-refractivity contribution in [3.8, 4) is 0 Å². The van der Waals surface area contributed by atoms with Crippen LogP contribution in [0.25, 0.3) is 0 Å². The highest BCUT2D eigenvalue weighted by Crippen LogP contribution is 2.23. The van der Waals surface area contributed by atoms with E-state index in [1.165, 1.54) is 18.2 Å². The molecule has 0 aliphatic carbocycles. The minimum Gasteiger partial charge on any atom is -0.384 e. The molecule has 0 saturated carbocycles. The van der Waals surface area contributed by atoms with Crippen LogP contribution in [0.2, 0.25) is 5.02 Å². The minimum absolute atomic E-state index is 0.0222. The average Bonchev–Trinajstić information content (AvgIpc) is 2.43. The van der Waals surface area contributed by atoms with Gasteiger partial charge in [0.05, 0.1) is 10.7 Å². The Morgan fingerprint density at radius 3 is 2.76 bits per heavy atom. The third-order valence-electron chi connectivity index (χ3n) is 2.92. The summed E-state index contributed by atoms with van der Waals surface area (Å²) in [6.07, 6.45) is 0. The van der Waals surface area contributed by atoms with Gasteiger partial charge in [-0.2, -0.15) is 0 Å². The van der Waals surface area contributed by atoms with Crippen molar-refractivity contribution in [2.75, 3.05) is 11.1 Å². The summed E-state index contributed by atoms with van der Waals surface area (Å²) < 4.78 is 13.8. The van der Waals surface area contributed by atoms with Gasteiger partial charge in [-0.1, -0.05) is 31.5 Å². The van der Waals surface area contributed by atoms with Crippen molar-refractivity contribution in [1.29, 1.82) is 0 Å². The van der Waals surface area contributed by atoms with E-state index in [1.54, 1.807) is 12.1 Å². The van der Waals surface area contributed by atoms with Gasteiger partial charge in [-0.25, -0.2) is 9.37 Å². The van der Waals surface area contributed by atoms with E-state index in [0.717, 1.165) is 0 Å². The molecule has 2 aromatic rings.